The largest absolute Gasteiger partial charge is 0.349 e. The summed E-state index contributed by atoms with van der Waals surface area (Å²) in [6.45, 7) is 6.72. The van der Waals surface area contributed by atoms with E-state index >= 15 is 0 Å². The third-order valence-corrected chi connectivity index (χ3v) is 6.04. The van der Waals surface area contributed by atoms with Gasteiger partial charge in [0, 0.05) is 24.9 Å². The van der Waals surface area contributed by atoms with Crippen LogP contribution in [0.25, 0.3) is 0 Å². The molecule has 0 N–H and O–H groups in total. The quantitative estimate of drug-likeness (QED) is 0.442. The first-order valence-corrected chi connectivity index (χ1v) is 13.0. The molecule has 3 rings (SSSR count). The number of nitrogens with zero attached hydrogens (tertiary/aromatic N) is 2. The fraction of sp³-hybridized carbons (Fsp3) is 0.609. The van der Waals surface area contributed by atoms with E-state index in [4.69, 9.17) is 18.4 Å². The van der Waals surface area contributed by atoms with Gasteiger partial charge in [-0.15, -0.1) is 0 Å². The minimum Gasteiger partial charge on any atom is -0.349 e. The van der Waals surface area contributed by atoms with Crippen molar-refractivity contribution in [2.24, 2.45) is 0 Å². The Bertz CT molecular complexity index is 964. The second-order valence-corrected chi connectivity index (χ2v) is 9.82. The molecule has 8 nitrogen and oxygen atoms in total. The Kier molecular flexibility index (Phi) is 8.11. The van der Waals surface area contributed by atoms with Crippen molar-refractivity contribution in [2.75, 3.05) is 19.5 Å². The summed E-state index contributed by atoms with van der Waals surface area (Å²) in [5, 5.41) is 0. The zero-order valence-electron chi connectivity index (χ0n) is 19.3. The molecule has 0 aliphatic carbocycles. The van der Waals surface area contributed by atoms with Gasteiger partial charge in [-0.25, -0.2) is 4.98 Å². The molecule has 1 fully saturated rings. The van der Waals surface area contributed by atoms with Crippen LogP contribution in [0.2, 0.25) is 0 Å². The second-order valence-electron chi connectivity index (χ2n) is 8.17. The highest BCUT2D eigenvalue weighted by Crippen LogP contribution is 2.47. The normalized spacial score (nSPS) is 25.9. The van der Waals surface area contributed by atoms with Crippen LogP contribution in [0.5, 0.6) is 0 Å². The second kappa shape index (κ2) is 10.4. The number of aromatic nitrogens is 2. The maximum Gasteiger partial charge on any atom is 0.264 e. The molecule has 1 saturated heterocycles. The molecule has 178 valence electrons. The zero-order valence-corrected chi connectivity index (χ0v) is 20.1. The Morgan fingerprint density at radius 1 is 1.16 bits per heavy atom. The van der Waals surface area contributed by atoms with E-state index in [1.807, 2.05) is 48.0 Å². The molecule has 0 spiro atoms. The average molecular weight is 467 g/mol. The van der Waals surface area contributed by atoms with E-state index in [0.29, 0.717) is 19.6 Å². The molecule has 1 aromatic carbocycles. The van der Waals surface area contributed by atoms with Gasteiger partial charge in [0.15, 0.2) is 17.7 Å². The van der Waals surface area contributed by atoms with Crippen LogP contribution in [0.4, 0.5) is 0 Å². The summed E-state index contributed by atoms with van der Waals surface area (Å²) >= 11 is 0. The first-order chi connectivity index (χ1) is 15.3. The van der Waals surface area contributed by atoms with Crippen molar-refractivity contribution in [2.45, 2.75) is 70.7 Å². The number of aryl methyl sites for hydroxylation is 1. The van der Waals surface area contributed by atoms with Crippen LogP contribution in [0, 0.1) is 0 Å². The molecule has 0 saturated carbocycles. The van der Waals surface area contributed by atoms with E-state index in [2.05, 4.69) is 18.8 Å². The molecule has 0 radical (unpaired) electrons. The van der Waals surface area contributed by atoms with Crippen LogP contribution in [-0.2, 0) is 47.1 Å². The molecule has 1 aliphatic heterocycles. The lowest BCUT2D eigenvalue weighted by Gasteiger charge is -2.34. The Morgan fingerprint density at radius 3 is 2.53 bits per heavy atom. The Balaban J connectivity index is 2.07. The van der Waals surface area contributed by atoms with Gasteiger partial charge in [-0.1, -0.05) is 57.5 Å². The van der Waals surface area contributed by atoms with Crippen molar-refractivity contribution in [3.05, 3.63) is 54.1 Å². The van der Waals surface area contributed by atoms with Crippen LogP contribution >= 0.6 is 0 Å². The SMILES string of the molecule is CCCOC1OC(CCC)(Cn2cncc2CC)OC1(COS(C)(=O)=O)c1ccccc1. The molecule has 9 heteroatoms. The summed E-state index contributed by atoms with van der Waals surface area (Å²) in [5.41, 5.74) is 0.550. The molecule has 0 bridgehead atoms. The highest BCUT2D eigenvalue weighted by atomic mass is 32.2. The van der Waals surface area contributed by atoms with Crippen LogP contribution in [0.1, 0.15) is 51.3 Å². The van der Waals surface area contributed by atoms with E-state index in [1.165, 1.54) is 0 Å². The molecule has 1 aliphatic rings. The summed E-state index contributed by atoms with van der Waals surface area (Å²) in [6, 6.07) is 9.41. The highest BCUT2D eigenvalue weighted by molar-refractivity contribution is 7.85. The van der Waals surface area contributed by atoms with Crippen LogP contribution in [-0.4, -0.2) is 49.5 Å². The van der Waals surface area contributed by atoms with Gasteiger partial charge in [0.2, 0.25) is 0 Å². The van der Waals surface area contributed by atoms with Gasteiger partial charge < -0.3 is 18.8 Å². The maximum atomic E-state index is 11.9. The minimum absolute atomic E-state index is 0.250. The summed E-state index contributed by atoms with van der Waals surface area (Å²) in [6.07, 6.45) is 6.77. The standard InChI is InChI=1S/C23H34N2O6S/c1-5-13-22(16-25-18-24-15-20(25)7-3)30-21(28-14-6-2)23(31-22,17-29-32(4,26)27)19-11-9-8-10-12-19/h8-12,15,18,21H,5-7,13-14,16-17H2,1-4H3. The van der Waals surface area contributed by atoms with Crippen molar-refractivity contribution < 1.29 is 26.8 Å². The molecule has 2 aromatic rings. The smallest absolute Gasteiger partial charge is 0.264 e. The first-order valence-electron chi connectivity index (χ1n) is 11.2. The van der Waals surface area contributed by atoms with E-state index in [0.717, 1.165) is 36.8 Å². The number of hydrogen-bond donors (Lipinski definition) is 0. The molecule has 3 unspecified atom stereocenters. The summed E-state index contributed by atoms with van der Waals surface area (Å²) < 4.78 is 50.6. The Hall–Kier alpha value is -1.78. The van der Waals surface area contributed by atoms with E-state index in [9.17, 15) is 8.42 Å². The van der Waals surface area contributed by atoms with Crippen LogP contribution in [0.3, 0.4) is 0 Å². The Morgan fingerprint density at radius 2 is 1.91 bits per heavy atom. The van der Waals surface area contributed by atoms with Crippen LogP contribution in [0.15, 0.2) is 42.9 Å². The summed E-state index contributed by atoms with van der Waals surface area (Å²) in [4.78, 5) is 4.27. The monoisotopic (exact) mass is 466 g/mol. The lowest BCUT2D eigenvalue weighted by Crippen LogP contribution is -2.44. The fourth-order valence-electron chi connectivity index (χ4n) is 4.06. The van der Waals surface area contributed by atoms with Crippen molar-refractivity contribution >= 4 is 10.1 Å². The molecule has 0 amide bonds. The van der Waals surface area contributed by atoms with E-state index in [1.54, 1.807) is 6.33 Å². The van der Waals surface area contributed by atoms with Crippen molar-refractivity contribution in [3.8, 4) is 0 Å². The first kappa shape index (κ1) is 24.9. The number of rotatable bonds is 12. The number of hydrogen-bond acceptors (Lipinski definition) is 7. The highest BCUT2D eigenvalue weighted by Gasteiger charge is 2.59. The van der Waals surface area contributed by atoms with Gasteiger partial charge in [0.05, 0.1) is 19.1 Å². The zero-order chi connectivity index (χ0) is 23.2. The summed E-state index contributed by atoms with van der Waals surface area (Å²) in [7, 11) is -3.72. The summed E-state index contributed by atoms with van der Waals surface area (Å²) in [5.74, 6) is -1.03. The molecule has 2 heterocycles. The lowest BCUT2D eigenvalue weighted by molar-refractivity contribution is -0.223. The van der Waals surface area contributed by atoms with Gasteiger partial charge in [-0.2, -0.15) is 8.42 Å². The number of benzene rings is 1. The van der Waals surface area contributed by atoms with Gasteiger partial charge in [-0.3, -0.25) is 4.18 Å². The Labute approximate surface area is 191 Å². The topological polar surface area (TPSA) is 88.9 Å². The molecule has 32 heavy (non-hydrogen) atoms. The predicted octanol–water partition coefficient (Wildman–Crippen LogP) is 3.61. The van der Waals surface area contributed by atoms with Gasteiger partial charge in [-0.05, 0) is 18.4 Å². The third-order valence-electron chi connectivity index (χ3n) is 5.50. The average Bonchev–Trinajstić information content (AvgIpc) is 3.33. The molecule has 1 aromatic heterocycles. The molecule has 3 atom stereocenters. The van der Waals surface area contributed by atoms with E-state index < -0.39 is 27.8 Å². The third kappa shape index (κ3) is 5.58. The van der Waals surface area contributed by atoms with Crippen molar-refractivity contribution in [1.82, 2.24) is 9.55 Å². The molecular formula is C23H34N2O6S. The van der Waals surface area contributed by atoms with E-state index in [-0.39, 0.29) is 6.61 Å². The van der Waals surface area contributed by atoms with Crippen LogP contribution < -0.4 is 0 Å². The van der Waals surface area contributed by atoms with Crippen molar-refractivity contribution in [3.63, 3.8) is 0 Å². The predicted molar refractivity (Wildman–Crippen MR) is 120 cm³/mol. The number of ether oxygens (including phenoxy) is 3. The van der Waals surface area contributed by atoms with Gasteiger partial charge in [0.1, 0.15) is 6.61 Å². The minimum atomic E-state index is -3.72. The maximum absolute atomic E-state index is 11.9. The van der Waals surface area contributed by atoms with Crippen molar-refractivity contribution in [1.29, 1.82) is 0 Å². The molecular weight excluding hydrogens is 432 g/mol. The van der Waals surface area contributed by atoms with Gasteiger partial charge in [0.25, 0.3) is 10.1 Å². The van der Waals surface area contributed by atoms with Gasteiger partial charge >= 0.3 is 0 Å². The fourth-order valence-corrected chi connectivity index (χ4v) is 4.45. The lowest BCUT2D eigenvalue weighted by atomic mass is 9.94. The number of imidazole rings is 1.